The summed E-state index contributed by atoms with van der Waals surface area (Å²) in [7, 11) is 0. The highest BCUT2D eigenvalue weighted by atomic mass is 16.2. The number of amides is 2. The van der Waals surface area contributed by atoms with E-state index < -0.39 is 6.03 Å². The summed E-state index contributed by atoms with van der Waals surface area (Å²) >= 11 is 0. The summed E-state index contributed by atoms with van der Waals surface area (Å²) in [6, 6.07) is 3.44. The zero-order valence-electron chi connectivity index (χ0n) is 8.08. The first-order valence-electron chi connectivity index (χ1n) is 4.63. The molecule has 0 aromatic carbocycles. The Hall–Kier alpha value is -1.58. The number of aryl methyl sites for hydroxylation is 1. The molecule has 1 heterocycles. The molecule has 74 valence electrons. The SMILES string of the molecule is Cc1ccnc(C2(NC(N)=O)CC2)c1. The van der Waals surface area contributed by atoms with Gasteiger partial charge in [-0.25, -0.2) is 4.79 Å². The van der Waals surface area contributed by atoms with Gasteiger partial charge >= 0.3 is 6.03 Å². The van der Waals surface area contributed by atoms with Crippen molar-refractivity contribution in [2.45, 2.75) is 25.3 Å². The van der Waals surface area contributed by atoms with Gasteiger partial charge in [-0.2, -0.15) is 0 Å². The van der Waals surface area contributed by atoms with Crippen LogP contribution in [0.2, 0.25) is 0 Å². The van der Waals surface area contributed by atoms with E-state index in [-0.39, 0.29) is 5.54 Å². The second-order valence-corrected chi connectivity index (χ2v) is 3.79. The molecule has 0 aliphatic heterocycles. The maximum Gasteiger partial charge on any atom is 0.312 e. The van der Waals surface area contributed by atoms with Crippen molar-refractivity contribution in [3.63, 3.8) is 0 Å². The van der Waals surface area contributed by atoms with Crippen LogP contribution in [-0.4, -0.2) is 11.0 Å². The number of nitrogens with zero attached hydrogens (tertiary/aromatic N) is 1. The van der Waals surface area contributed by atoms with Gasteiger partial charge in [0.25, 0.3) is 0 Å². The lowest BCUT2D eigenvalue weighted by atomic mass is 10.1. The molecule has 0 radical (unpaired) electrons. The van der Waals surface area contributed by atoms with Crippen LogP contribution in [0.5, 0.6) is 0 Å². The van der Waals surface area contributed by atoms with Crippen LogP contribution in [0.15, 0.2) is 18.3 Å². The quantitative estimate of drug-likeness (QED) is 0.733. The number of nitrogens with one attached hydrogen (secondary N) is 1. The maximum absolute atomic E-state index is 10.8. The zero-order valence-corrected chi connectivity index (χ0v) is 8.08. The van der Waals surface area contributed by atoms with Gasteiger partial charge < -0.3 is 11.1 Å². The van der Waals surface area contributed by atoms with Crippen molar-refractivity contribution >= 4 is 6.03 Å². The molecule has 0 bridgehead atoms. The van der Waals surface area contributed by atoms with E-state index in [4.69, 9.17) is 5.73 Å². The Labute approximate surface area is 82.5 Å². The van der Waals surface area contributed by atoms with Gasteiger partial charge in [-0.1, -0.05) is 0 Å². The first-order valence-corrected chi connectivity index (χ1v) is 4.63. The third-order valence-corrected chi connectivity index (χ3v) is 2.52. The first-order chi connectivity index (χ1) is 6.62. The number of carbonyl (C=O) groups excluding carboxylic acids is 1. The van der Waals surface area contributed by atoms with Crippen molar-refractivity contribution < 1.29 is 4.79 Å². The fraction of sp³-hybridized carbons (Fsp3) is 0.400. The average Bonchev–Trinajstić information content (AvgIpc) is 2.84. The predicted octanol–water partition coefficient (Wildman–Crippen LogP) is 1.05. The highest BCUT2D eigenvalue weighted by Gasteiger charge is 2.46. The van der Waals surface area contributed by atoms with Crippen LogP contribution < -0.4 is 11.1 Å². The number of urea groups is 1. The average molecular weight is 191 g/mol. The van der Waals surface area contributed by atoms with E-state index in [0.717, 1.165) is 24.1 Å². The van der Waals surface area contributed by atoms with E-state index >= 15 is 0 Å². The summed E-state index contributed by atoms with van der Waals surface area (Å²) in [5.74, 6) is 0. The van der Waals surface area contributed by atoms with Crippen molar-refractivity contribution in [2.75, 3.05) is 0 Å². The van der Waals surface area contributed by atoms with Gasteiger partial charge in [-0.15, -0.1) is 0 Å². The number of nitrogens with two attached hydrogens (primary N) is 1. The van der Waals surface area contributed by atoms with E-state index in [9.17, 15) is 4.79 Å². The first kappa shape index (κ1) is 8.99. The van der Waals surface area contributed by atoms with Crippen LogP contribution >= 0.6 is 0 Å². The Morgan fingerprint density at radius 2 is 2.36 bits per heavy atom. The molecule has 1 aliphatic carbocycles. The molecule has 1 aromatic rings. The molecule has 0 spiro atoms. The number of hydrogen-bond acceptors (Lipinski definition) is 2. The predicted molar refractivity (Wildman–Crippen MR) is 52.6 cm³/mol. The molecule has 3 N–H and O–H groups in total. The van der Waals surface area contributed by atoms with Crippen molar-refractivity contribution in [1.82, 2.24) is 10.3 Å². The van der Waals surface area contributed by atoms with E-state index in [2.05, 4.69) is 10.3 Å². The second kappa shape index (κ2) is 2.97. The number of hydrogen-bond donors (Lipinski definition) is 2. The summed E-state index contributed by atoms with van der Waals surface area (Å²) in [5, 5.41) is 2.75. The Morgan fingerprint density at radius 3 is 2.86 bits per heavy atom. The molecule has 2 amide bonds. The molecule has 0 atom stereocenters. The van der Waals surface area contributed by atoms with Crippen molar-refractivity contribution in [3.8, 4) is 0 Å². The van der Waals surface area contributed by atoms with Crippen LogP contribution in [0.3, 0.4) is 0 Å². The Balaban J connectivity index is 2.26. The van der Waals surface area contributed by atoms with Crippen LogP contribution in [0, 0.1) is 6.92 Å². The minimum atomic E-state index is -0.481. The number of primary amides is 1. The van der Waals surface area contributed by atoms with Crippen molar-refractivity contribution in [2.24, 2.45) is 5.73 Å². The molecule has 0 unspecified atom stereocenters. The number of rotatable bonds is 2. The summed E-state index contributed by atoms with van der Waals surface area (Å²) in [4.78, 5) is 15.1. The number of carbonyl (C=O) groups is 1. The fourth-order valence-corrected chi connectivity index (χ4v) is 1.60. The third kappa shape index (κ3) is 1.55. The molecular weight excluding hydrogens is 178 g/mol. The lowest BCUT2D eigenvalue weighted by Crippen LogP contribution is -2.39. The molecule has 1 aromatic heterocycles. The van der Waals surface area contributed by atoms with E-state index in [1.54, 1.807) is 6.20 Å². The van der Waals surface area contributed by atoms with Crippen molar-refractivity contribution in [1.29, 1.82) is 0 Å². The molecule has 1 saturated carbocycles. The molecule has 2 rings (SSSR count). The summed E-state index contributed by atoms with van der Waals surface area (Å²) in [5.41, 5.74) is 6.90. The lowest BCUT2D eigenvalue weighted by Gasteiger charge is -2.15. The van der Waals surface area contributed by atoms with Gasteiger partial charge in [0.15, 0.2) is 0 Å². The van der Waals surface area contributed by atoms with Gasteiger partial charge in [0, 0.05) is 6.20 Å². The maximum atomic E-state index is 10.8. The van der Waals surface area contributed by atoms with Gasteiger partial charge in [0.2, 0.25) is 0 Å². The van der Waals surface area contributed by atoms with Gasteiger partial charge in [-0.3, -0.25) is 4.98 Å². The molecule has 4 heteroatoms. The van der Waals surface area contributed by atoms with E-state index in [1.165, 1.54) is 0 Å². The van der Waals surface area contributed by atoms with Crippen LogP contribution in [0.25, 0.3) is 0 Å². The fourth-order valence-electron chi connectivity index (χ4n) is 1.60. The van der Waals surface area contributed by atoms with Gasteiger partial charge in [0.1, 0.15) is 0 Å². The highest BCUT2D eigenvalue weighted by Crippen LogP contribution is 2.44. The Bertz CT molecular complexity index is 371. The molecular formula is C10H13N3O. The van der Waals surface area contributed by atoms with E-state index in [0.29, 0.717) is 0 Å². The highest BCUT2D eigenvalue weighted by molar-refractivity contribution is 5.73. The summed E-state index contributed by atoms with van der Waals surface area (Å²) < 4.78 is 0. The second-order valence-electron chi connectivity index (χ2n) is 3.79. The number of pyridine rings is 1. The summed E-state index contributed by atoms with van der Waals surface area (Å²) in [6.45, 7) is 2.01. The molecule has 14 heavy (non-hydrogen) atoms. The third-order valence-electron chi connectivity index (χ3n) is 2.52. The topological polar surface area (TPSA) is 68.0 Å². The monoisotopic (exact) mass is 191 g/mol. The minimum Gasteiger partial charge on any atom is -0.352 e. The minimum absolute atomic E-state index is 0.280. The van der Waals surface area contributed by atoms with E-state index in [1.807, 2.05) is 19.1 Å². The lowest BCUT2D eigenvalue weighted by molar-refractivity contribution is 0.244. The normalized spacial score (nSPS) is 17.5. The van der Waals surface area contributed by atoms with Crippen LogP contribution in [-0.2, 0) is 5.54 Å². The smallest absolute Gasteiger partial charge is 0.312 e. The largest absolute Gasteiger partial charge is 0.352 e. The molecule has 1 fully saturated rings. The Morgan fingerprint density at radius 1 is 1.64 bits per heavy atom. The zero-order chi connectivity index (χ0) is 10.2. The van der Waals surface area contributed by atoms with Gasteiger partial charge in [-0.05, 0) is 37.5 Å². The summed E-state index contributed by atoms with van der Waals surface area (Å²) in [6.07, 6.45) is 3.60. The molecule has 1 aliphatic rings. The van der Waals surface area contributed by atoms with Crippen molar-refractivity contribution in [3.05, 3.63) is 29.6 Å². The van der Waals surface area contributed by atoms with Crippen LogP contribution in [0.1, 0.15) is 24.1 Å². The number of aromatic nitrogens is 1. The Kier molecular flexibility index (Phi) is 1.91. The molecule has 4 nitrogen and oxygen atoms in total. The standard InChI is InChI=1S/C10H13N3O/c1-7-2-5-12-8(6-7)10(3-4-10)13-9(11)14/h2,5-6H,3-4H2,1H3,(H3,11,13,14). The molecule has 0 saturated heterocycles. The van der Waals surface area contributed by atoms with Gasteiger partial charge in [0.05, 0.1) is 11.2 Å². The van der Waals surface area contributed by atoms with Crippen LogP contribution in [0.4, 0.5) is 4.79 Å².